The van der Waals surface area contributed by atoms with E-state index in [1.165, 1.54) is 25.7 Å². The first-order valence-electron chi connectivity index (χ1n) is 6.57. The molecule has 1 saturated carbocycles. The Hall–Kier alpha value is -1.65. The minimum atomic E-state index is -0.152. The number of rotatable bonds is 2. The van der Waals surface area contributed by atoms with Gasteiger partial charge in [0.15, 0.2) is 5.69 Å². The van der Waals surface area contributed by atoms with E-state index in [2.05, 4.69) is 22.4 Å². The summed E-state index contributed by atoms with van der Waals surface area (Å²) in [6.45, 7) is 2.20. The number of hydrogen-bond acceptors (Lipinski definition) is 4. The average Bonchev–Trinajstić information content (AvgIpc) is 2.56. The fourth-order valence-electron chi connectivity index (χ4n) is 2.41. The predicted molar refractivity (Wildman–Crippen MR) is 69.9 cm³/mol. The van der Waals surface area contributed by atoms with Crippen LogP contribution in [0.5, 0.6) is 0 Å². The van der Waals surface area contributed by atoms with E-state index >= 15 is 0 Å². The van der Waals surface area contributed by atoms with Gasteiger partial charge >= 0.3 is 0 Å². The smallest absolute Gasteiger partial charge is 0.272 e. The van der Waals surface area contributed by atoms with Crippen LogP contribution in [0.15, 0.2) is 12.1 Å². The molecule has 1 aromatic rings. The normalized spacial score (nSPS) is 24.3. The predicted octanol–water partition coefficient (Wildman–Crippen LogP) is 1.76. The molecule has 0 bridgehead atoms. The van der Waals surface area contributed by atoms with Gasteiger partial charge in [-0.2, -0.15) is 0 Å². The van der Waals surface area contributed by atoms with Gasteiger partial charge in [0, 0.05) is 6.04 Å². The van der Waals surface area contributed by atoms with Crippen LogP contribution in [-0.2, 0) is 0 Å². The highest BCUT2D eigenvalue weighted by Gasteiger charge is 2.22. The van der Waals surface area contributed by atoms with E-state index in [0.29, 0.717) is 17.4 Å². The van der Waals surface area contributed by atoms with Crippen LogP contribution in [-0.4, -0.2) is 22.1 Å². The number of nitrogen functional groups attached to an aromatic ring is 1. The second kappa shape index (κ2) is 5.80. The highest BCUT2D eigenvalue weighted by molar-refractivity contribution is 5.92. The van der Waals surface area contributed by atoms with Crippen molar-refractivity contribution in [3.8, 4) is 0 Å². The van der Waals surface area contributed by atoms with Crippen LogP contribution in [0.4, 0.5) is 5.82 Å². The number of carbonyl (C=O) groups excluding carboxylic acids is 1. The first-order chi connectivity index (χ1) is 8.66. The molecular formula is C13H20N4O. The summed E-state index contributed by atoms with van der Waals surface area (Å²) in [7, 11) is 0. The topological polar surface area (TPSA) is 80.9 Å². The summed E-state index contributed by atoms with van der Waals surface area (Å²) in [5, 5.41) is 10.6. The molecule has 5 nitrogen and oxygen atoms in total. The van der Waals surface area contributed by atoms with Gasteiger partial charge in [0.1, 0.15) is 5.82 Å². The van der Waals surface area contributed by atoms with Gasteiger partial charge in [-0.05, 0) is 30.9 Å². The standard InChI is InChI=1S/C13H20N4O/c1-9-5-3-2-4-6-10(9)15-13(18)11-7-8-12(14)17-16-11/h7-10H,2-6H2,1H3,(H2,14,17)(H,15,18). The molecule has 1 heterocycles. The SMILES string of the molecule is CC1CCCCCC1NC(=O)c1ccc(N)nn1. The molecule has 0 saturated heterocycles. The zero-order valence-corrected chi connectivity index (χ0v) is 10.7. The molecule has 2 unspecified atom stereocenters. The number of carbonyl (C=O) groups is 1. The molecule has 2 atom stereocenters. The molecule has 3 N–H and O–H groups in total. The van der Waals surface area contributed by atoms with Crippen molar-refractivity contribution in [1.29, 1.82) is 0 Å². The third-order valence-corrected chi connectivity index (χ3v) is 3.60. The molecule has 0 spiro atoms. The van der Waals surface area contributed by atoms with Crippen molar-refractivity contribution in [3.05, 3.63) is 17.8 Å². The Labute approximate surface area is 107 Å². The highest BCUT2D eigenvalue weighted by Crippen LogP contribution is 2.23. The second-order valence-corrected chi connectivity index (χ2v) is 5.04. The minimum absolute atomic E-state index is 0.152. The van der Waals surface area contributed by atoms with Crippen LogP contribution >= 0.6 is 0 Å². The maximum Gasteiger partial charge on any atom is 0.272 e. The zero-order chi connectivity index (χ0) is 13.0. The summed E-state index contributed by atoms with van der Waals surface area (Å²) in [5.74, 6) is 0.703. The Morgan fingerprint density at radius 2 is 2.06 bits per heavy atom. The Kier molecular flexibility index (Phi) is 4.12. The van der Waals surface area contributed by atoms with Gasteiger partial charge < -0.3 is 11.1 Å². The molecule has 5 heteroatoms. The molecular weight excluding hydrogens is 228 g/mol. The van der Waals surface area contributed by atoms with Crippen molar-refractivity contribution in [2.45, 2.75) is 45.1 Å². The number of amides is 1. The molecule has 1 aliphatic carbocycles. The van der Waals surface area contributed by atoms with Gasteiger partial charge in [-0.1, -0.05) is 26.2 Å². The quantitative estimate of drug-likeness (QED) is 0.781. The van der Waals surface area contributed by atoms with Crippen LogP contribution in [0.2, 0.25) is 0 Å². The lowest BCUT2D eigenvalue weighted by atomic mass is 9.97. The van der Waals surface area contributed by atoms with Crippen molar-refractivity contribution in [3.63, 3.8) is 0 Å². The van der Waals surface area contributed by atoms with Crippen molar-refractivity contribution < 1.29 is 4.79 Å². The van der Waals surface area contributed by atoms with Crippen LogP contribution in [0.3, 0.4) is 0 Å². The van der Waals surface area contributed by atoms with E-state index in [-0.39, 0.29) is 11.9 Å². The van der Waals surface area contributed by atoms with Crippen molar-refractivity contribution >= 4 is 11.7 Å². The fourth-order valence-corrected chi connectivity index (χ4v) is 2.41. The van der Waals surface area contributed by atoms with E-state index in [1.54, 1.807) is 12.1 Å². The molecule has 98 valence electrons. The summed E-state index contributed by atoms with van der Waals surface area (Å²) in [6, 6.07) is 3.46. The number of nitrogens with zero attached hydrogens (tertiary/aromatic N) is 2. The van der Waals surface area contributed by atoms with Crippen molar-refractivity contribution in [1.82, 2.24) is 15.5 Å². The lowest BCUT2D eigenvalue weighted by Gasteiger charge is -2.22. The maximum atomic E-state index is 12.0. The fraction of sp³-hybridized carbons (Fsp3) is 0.615. The second-order valence-electron chi connectivity index (χ2n) is 5.04. The Morgan fingerprint density at radius 1 is 1.28 bits per heavy atom. The van der Waals surface area contributed by atoms with Gasteiger partial charge in [-0.15, -0.1) is 10.2 Å². The summed E-state index contributed by atoms with van der Waals surface area (Å²) in [5.41, 5.74) is 5.78. The van der Waals surface area contributed by atoms with E-state index in [9.17, 15) is 4.79 Å². The summed E-state index contributed by atoms with van der Waals surface area (Å²) >= 11 is 0. The van der Waals surface area contributed by atoms with Gasteiger partial charge in [-0.25, -0.2) is 0 Å². The van der Waals surface area contributed by atoms with Gasteiger partial charge in [0.2, 0.25) is 0 Å². The average molecular weight is 248 g/mol. The number of nitrogens with one attached hydrogen (secondary N) is 1. The Bertz CT molecular complexity index is 404. The number of aromatic nitrogens is 2. The van der Waals surface area contributed by atoms with Crippen LogP contribution < -0.4 is 11.1 Å². The summed E-state index contributed by atoms with van der Waals surface area (Å²) < 4.78 is 0. The molecule has 0 radical (unpaired) electrons. The molecule has 1 amide bonds. The van der Waals surface area contributed by atoms with Gasteiger partial charge in [-0.3, -0.25) is 4.79 Å². The van der Waals surface area contributed by atoms with E-state index in [1.807, 2.05) is 0 Å². The third-order valence-electron chi connectivity index (χ3n) is 3.60. The monoisotopic (exact) mass is 248 g/mol. The largest absolute Gasteiger partial charge is 0.382 e. The highest BCUT2D eigenvalue weighted by atomic mass is 16.2. The molecule has 0 aromatic carbocycles. The van der Waals surface area contributed by atoms with Crippen LogP contribution in [0, 0.1) is 5.92 Å². The summed E-state index contributed by atoms with van der Waals surface area (Å²) in [6.07, 6.45) is 5.93. The lowest BCUT2D eigenvalue weighted by molar-refractivity contribution is 0.0915. The van der Waals surface area contributed by atoms with Crippen molar-refractivity contribution in [2.75, 3.05) is 5.73 Å². The number of anilines is 1. The zero-order valence-electron chi connectivity index (χ0n) is 10.7. The molecule has 18 heavy (non-hydrogen) atoms. The molecule has 2 rings (SSSR count). The van der Waals surface area contributed by atoms with Crippen LogP contribution in [0.1, 0.15) is 49.5 Å². The van der Waals surface area contributed by atoms with E-state index in [0.717, 1.165) is 6.42 Å². The van der Waals surface area contributed by atoms with Gasteiger partial charge in [0.25, 0.3) is 5.91 Å². The van der Waals surface area contributed by atoms with E-state index in [4.69, 9.17) is 5.73 Å². The first-order valence-corrected chi connectivity index (χ1v) is 6.57. The molecule has 0 aliphatic heterocycles. The Morgan fingerprint density at radius 3 is 2.78 bits per heavy atom. The molecule has 1 aromatic heterocycles. The molecule has 1 aliphatic rings. The summed E-state index contributed by atoms with van der Waals surface area (Å²) in [4.78, 5) is 12.0. The number of hydrogen-bond donors (Lipinski definition) is 2. The van der Waals surface area contributed by atoms with E-state index < -0.39 is 0 Å². The third kappa shape index (κ3) is 3.18. The lowest BCUT2D eigenvalue weighted by Crippen LogP contribution is -2.39. The molecule has 1 fully saturated rings. The van der Waals surface area contributed by atoms with Crippen LogP contribution in [0.25, 0.3) is 0 Å². The van der Waals surface area contributed by atoms with Crippen molar-refractivity contribution in [2.24, 2.45) is 5.92 Å². The number of nitrogens with two attached hydrogens (primary N) is 1. The minimum Gasteiger partial charge on any atom is -0.382 e. The first kappa shape index (κ1) is 12.8. The maximum absolute atomic E-state index is 12.0. The Balaban J connectivity index is 1.99. The van der Waals surface area contributed by atoms with Gasteiger partial charge in [0.05, 0.1) is 0 Å².